The predicted molar refractivity (Wildman–Crippen MR) is 117 cm³/mol. The van der Waals surface area contributed by atoms with Crippen molar-refractivity contribution < 1.29 is 13.5 Å². The zero-order valence-electron chi connectivity index (χ0n) is 17.8. The van der Waals surface area contributed by atoms with Gasteiger partial charge in [0.25, 0.3) is 0 Å². The van der Waals surface area contributed by atoms with E-state index in [1.165, 1.54) is 12.1 Å². The normalized spacial score (nSPS) is 18.8. The SMILES string of the molecule is Cc1cc(C2CC(c3cc4nc(C)cnc4c(-c4ccc(F)cc4F)n3)CCO2)ccn1. The van der Waals surface area contributed by atoms with Gasteiger partial charge in [-0.15, -0.1) is 0 Å². The van der Waals surface area contributed by atoms with Gasteiger partial charge >= 0.3 is 0 Å². The van der Waals surface area contributed by atoms with Gasteiger partial charge in [0.05, 0.1) is 17.3 Å². The van der Waals surface area contributed by atoms with Gasteiger partial charge in [-0.2, -0.15) is 0 Å². The molecule has 2 atom stereocenters. The molecule has 1 aromatic carbocycles. The van der Waals surface area contributed by atoms with Crippen LogP contribution in [-0.4, -0.2) is 26.5 Å². The zero-order chi connectivity index (χ0) is 22.2. The molecule has 2 unspecified atom stereocenters. The van der Waals surface area contributed by atoms with Crippen LogP contribution in [0.15, 0.2) is 48.8 Å². The third-order valence-corrected chi connectivity index (χ3v) is 5.85. The summed E-state index contributed by atoms with van der Waals surface area (Å²) in [4.78, 5) is 18.2. The third kappa shape index (κ3) is 3.96. The number of hydrogen-bond acceptors (Lipinski definition) is 5. The fraction of sp³-hybridized carbons (Fsp3) is 0.280. The van der Waals surface area contributed by atoms with Crippen molar-refractivity contribution in [3.8, 4) is 11.3 Å². The maximum absolute atomic E-state index is 14.7. The van der Waals surface area contributed by atoms with Gasteiger partial charge in [-0.1, -0.05) is 0 Å². The van der Waals surface area contributed by atoms with Gasteiger partial charge in [-0.25, -0.2) is 18.7 Å². The van der Waals surface area contributed by atoms with Gasteiger partial charge in [0, 0.05) is 47.9 Å². The van der Waals surface area contributed by atoms with E-state index in [-0.39, 0.29) is 17.6 Å². The highest BCUT2D eigenvalue weighted by Gasteiger charge is 2.28. The lowest BCUT2D eigenvalue weighted by atomic mass is 9.88. The van der Waals surface area contributed by atoms with Gasteiger partial charge in [0.1, 0.15) is 22.8 Å². The summed E-state index contributed by atoms with van der Waals surface area (Å²) in [6, 6.07) is 9.45. The maximum Gasteiger partial charge on any atom is 0.135 e. The number of halogens is 2. The minimum atomic E-state index is -0.671. The number of pyridine rings is 2. The molecule has 0 aliphatic carbocycles. The summed E-state index contributed by atoms with van der Waals surface area (Å²) in [6.07, 6.45) is 4.89. The number of hydrogen-bond donors (Lipinski definition) is 0. The molecule has 1 aliphatic rings. The minimum absolute atomic E-state index is 0.0671. The molecule has 5 nitrogen and oxygen atoms in total. The topological polar surface area (TPSA) is 60.8 Å². The largest absolute Gasteiger partial charge is 0.373 e. The summed E-state index contributed by atoms with van der Waals surface area (Å²) in [5.41, 5.74) is 5.35. The van der Waals surface area contributed by atoms with Crippen molar-refractivity contribution in [1.82, 2.24) is 19.9 Å². The van der Waals surface area contributed by atoms with Gasteiger partial charge in [0.2, 0.25) is 0 Å². The average molecular weight is 432 g/mol. The molecular formula is C25H22F2N4O. The molecule has 1 fully saturated rings. The molecule has 7 heteroatoms. The van der Waals surface area contributed by atoms with E-state index >= 15 is 0 Å². The smallest absolute Gasteiger partial charge is 0.135 e. The van der Waals surface area contributed by atoms with E-state index in [4.69, 9.17) is 9.72 Å². The molecule has 0 radical (unpaired) electrons. The Morgan fingerprint density at radius 3 is 2.66 bits per heavy atom. The first-order valence-electron chi connectivity index (χ1n) is 10.6. The summed E-state index contributed by atoms with van der Waals surface area (Å²) >= 11 is 0. The molecule has 4 heterocycles. The van der Waals surface area contributed by atoms with Crippen molar-refractivity contribution in [2.75, 3.05) is 6.61 Å². The Balaban J connectivity index is 1.59. The standard InChI is InChI=1S/C25H22F2N4O/c1-14-9-17(5-7-28-14)23-10-16(6-8-32-23)21-12-22-25(29-13-15(2)30-22)24(31-21)19-4-3-18(26)11-20(19)27/h3-5,7,9,11-13,16,23H,6,8,10H2,1-2H3. The first-order chi connectivity index (χ1) is 15.5. The summed E-state index contributed by atoms with van der Waals surface area (Å²) in [5.74, 6) is -1.19. The Morgan fingerprint density at radius 1 is 0.969 bits per heavy atom. The van der Waals surface area contributed by atoms with Gasteiger partial charge in [0.15, 0.2) is 0 Å². The Bertz CT molecular complexity index is 1310. The molecule has 3 aromatic heterocycles. The van der Waals surface area contributed by atoms with Crippen LogP contribution < -0.4 is 0 Å². The molecule has 4 aromatic rings. The van der Waals surface area contributed by atoms with Crippen molar-refractivity contribution in [3.63, 3.8) is 0 Å². The van der Waals surface area contributed by atoms with Gasteiger partial charge in [-0.3, -0.25) is 9.97 Å². The first-order valence-corrected chi connectivity index (χ1v) is 10.6. The number of aromatic nitrogens is 4. The fourth-order valence-electron chi connectivity index (χ4n) is 4.28. The summed E-state index contributed by atoms with van der Waals surface area (Å²) in [7, 11) is 0. The minimum Gasteiger partial charge on any atom is -0.373 e. The molecule has 0 bridgehead atoms. The van der Waals surface area contributed by atoms with Crippen LogP contribution in [-0.2, 0) is 4.74 Å². The van der Waals surface area contributed by atoms with Crippen LogP contribution in [0.4, 0.5) is 8.78 Å². The lowest BCUT2D eigenvalue weighted by molar-refractivity contribution is 0.00460. The molecular weight excluding hydrogens is 410 g/mol. The van der Waals surface area contributed by atoms with E-state index in [1.807, 2.05) is 32.0 Å². The number of benzene rings is 1. The quantitative estimate of drug-likeness (QED) is 0.421. The van der Waals surface area contributed by atoms with Crippen LogP contribution in [0.3, 0.4) is 0 Å². The predicted octanol–water partition coefficient (Wildman–Crippen LogP) is 5.62. The summed E-state index contributed by atoms with van der Waals surface area (Å²) in [6.45, 7) is 4.41. The fourth-order valence-corrected chi connectivity index (χ4v) is 4.28. The highest BCUT2D eigenvalue weighted by molar-refractivity contribution is 5.89. The lowest BCUT2D eigenvalue weighted by Gasteiger charge is -2.30. The third-order valence-electron chi connectivity index (χ3n) is 5.85. The monoisotopic (exact) mass is 432 g/mol. The molecule has 1 saturated heterocycles. The van der Waals surface area contributed by atoms with E-state index in [1.54, 1.807) is 12.4 Å². The van der Waals surface area contributed by atoms with Crippen molar-refractivity contribution in [2.24, 2.45) is 0 Å². The molecule has 0 spiro atoms. The van der Waals surface area contributed by atoms with Crippen LogP contribution in [0.5, 0.6) is 0 Å². The van der Waals surface area contributed by atoms with E-state index in [0.717, 1.165) is 41.6 Å². The van der Waals surface area contributed by atoms with Crippen molar-refractivity contribution in [3.05, 3.63) is 83.1 Å². The van der Waals surface area contributed by atoms with E-state index in [0.29, 0.717) is 23.3 Å². The molecule has 5 rings (SSSR count). The Morgan fingerprint density at radius 2 is 1.84 bits per heavy atom. The Kier molecular flexibility index (Phi) is 5.35. The van der Waals surface area contributed by atoms with E-state index in [9.17, 15) is 8.78 Å². The van der Waals surface area contributed by atoms with Crippen molar-refractivity contribution >= 4 is 11.0 Å². The first kappa shape index (κ1) is 20.6. The van der Waals surface area contributed by atoms with Crippen LogP contribution in [0.2, 0.25) is 0 Å². The highest BCUT2D eigenvalue weighted by Crippen LogP contribution is 2.39. The summed E-state index contributed by atoms with van der Waals surface area (Å²) in [5, 5.41) is 0. The molecule has 32 heavy (non-hydrogen) atoms. The second-order valence-electron chi connectivity index (χ2n) is 8.21. The summed E-state index contributed by atoms with van der Waals surface area (Å²) < 4.78 is 34.2. The molecule has 162 valence electrons. The van der Waals surface area contributed by atoms with Crippen LogP contribution >= 0.6 is 0 Å². The molecule has 0 saturated carbocycles. The lowest BCUT2D eigenvalue weighted by Crippen LogP contribution is -2.20. The second kappa shape index (κ2) is 8.31. The van der Waals surface area contributed by atoms with Crippen LogP contribution in [0, 0.1) is 25.5 Å². The number of fused-ring (bicyclic) bond motifs is 1. The van der Waals surface area contributed by atoms with Crippen LogP contribution in [0.1, 0.15) is 47.5 Å². The average Bonchev–Trinajstić information content (AvgIpc) is 2.78. The number of nitrogens with zero attached hydrogens (tertiary/aromatic N) is 4. The zero-order valence-corrected chi connectivity index (χ0v) is 17.8. The molecule has 1 aliphatic heterocycles. The maximum atomic E-state index is 14.7. The van der Waals surface area contributed by atoms with Crippen LogP contribution in [0.25, 0.3) is 22.3 Å². The number of aryl methyl sites for hydroxylation is 2. The Hall–Kier alpha value is -3.32. The highest BCUT2D eigenvalue weighted by atomic mass is 19.1. The number of rotatable bonds is 3. The van der Waals surface area contributed by atoms with E-state index < -0.39 is 11.6 Å². The Labute approximate surface area is 184 Å². The number of ether oxygens (including phenoxy) is 1. The van der Waals surface area contributed by atoms with Crippen molar-refractivity contribution in [2.45, 2.75) is 38.7 Å². The van der Waals surface area contributed by atoms with Gasteiger partial charge < -0.3 is 4.74 Å². The van der Waals surface area contributed by atoms with Gasteiger partial charge in [-0.05, 0) is 62.6 Å². The molecule has 0 amide bonds. The van der Waals surface area contributed by atoms with Crippen molar-refractivity contribution in [1.29, 1.82) is 0 Å². The van der Waals surface area contributed by atoms with E-state index in [2.05, 4.69) is 15.0 Å². The second-order valence-corrected chi connectivity index (χ2v) is 8.21. The molecule has 0 N–H and O–H groups in total.